The Labute approximate surface area is 122 Å². The molecule has 1 rings (SSSR count). The second-order valence-corrected chi connectivity index (χ2v) is 4.73. The minimum atomic E-state index is -1.43. The molecule has 0 saturated carbocycles. The van der Waals surface area contributed by atoms with Crippen LogP contribution in [0.15, 0.2) is 12.1 Å². The normalized spacial score (nSPS) is 10.4. The van der Waals surface area contributed by atoms with Gasteiger partial charge in [-0.15, -0.1) is 0 Å². The molecule has 1 aromatic carbocycles. The van der Waals surface area contributed by atoms with Crippen molar-refractivity contribution in [2.24, 2.45) is 0 Å². The van der Waals surface area contributed by atoms with E-state index in [1.165, 1.54) is 4.90 Å². The highest BCUT2D eigenvalue weighted by Gasteiger charge is 2.28. The number of carbonyl (C=O) groups is 1. The third kappa shape index (κ3) is 3.50. The quantitative estimate of drug-likeness (QED) is 0.449. The van der Waals surface area contributed by atoms with E-state index in [2.05, 4.69) is 15.9 Å². The number of alkyl halides is 1. The summed E-state index contributed by atoms with van der Waals surface area (Å²) in [7, 11) is 0. The van der Waals surface area contributed by atoms with Gasteiger partial charge in [-0.25, -0.2) is 4.39 Å². The Kier molecular flexibility index (Phi) is 6.00. The van der Waals surface area contributed by atoms with Crippen LogP contribution >= 0.6 is 15.9 Å². The second-order valence-electron chi connectivity index (χ2n) is 3.94. The molecule has 0 aliphatic carbocycles. The maximum absolute atomic E-state index is 13.9. The number of halogens is 3. The van der Waals surface area contributed by atoms with Crippen molar-refractivity contribution in [3.05, 3.63) is 39.4 Å². The number of nitrogens with zero attached hydrogens (tertiary/aromatic N) is 2. The van der Waals surface area contributed by atoms with Crippen LogP contribution in [-0.4, -0.2) is 34.2 Å². The summed E-state index contributed by atoms with van der Waals surface area (Å²) in [5, 5.41) is 11.3. The van der Waals surface area contributed by atoms with E-state index in [4.69, 9.17) is 0 Å². The summed E-state index contributed by atoms with van der Waals surface area (Å²) < 4.78 is 27.6. The minimum absolute atomic E-state index is 0.257. The van der Waals surface area contributed by atoms with Crippen LogP contribution in [0.4, 0.5) is 14.5 Å². The molecule has 0 fully saturated rings. The summed E-state index contributed by atoms with van der Waals surface area (Å²) in [6, 6.07) is 1.43. The average Bonchev–Trinajstić information content (AvgIpc) is 2.39. The van der Waals surface area contributed by atoms with E-state index in [-0.39, 0.29) is 6.54 Å². The second kappa shape index (κ2) is 7.28. The van der Waals surface area contributed by atoms with Crippen LogP contribution in [0.1, 0.15) is 23.7 Å². The van der Waals surface area contributed by atoms with Crippen molar-refractivity contribution < 1.29 is 18.5 Å². The first kappa shape index (κ1) is 16.5. The lowest BCUT2D eigenvalue weighted by Gasteiger charge is -2.20. The first-order valence-corrected chi connectivity index (χ1v) is 7.03. The topological polar surface area (TPSA) is 63.5 Å². The summed E-state index contributed by atoms with van der Waals surface area (Å²) in [5.74, 6) is -3.42. The van der Waals surface area contributed by atoms with Crippen molar-refractivity contribution >= 4 is 27.5 Å². The molecular formula is C12H13BrF2N2O3. The number of rotatable bonds is 6. The summed E-state index contributed by atoms with van der Waals surface area (Å²) in [6.07, 6.45) is 0.609. The third-order valence-corrected chi connectivity index (χ3v) is 3.27. The van der Waals surface area contributed by atoms with Crippen molar-refractivity contribution in [1.29, 1.82) is 0 Å². The van der Waals surface area contributed by atoms with Gasteiger partial charge >= 0.3 is 5.69 Å². The van der Waals surface area contributed by atoms with Gasteiger partial charge in [-0.3, -0.25) is 14.9 Å². The first-order chi connectivity index (χ1) is 9.43. The largest absolute Gasteiger partial charge is 0.339 e. The molecule has 0 spiro atoms. The maximum atomic E-state index is 13.9. The van der Waals surface area contributed by atoms with Crippen LogP contribution in [0.25, 0.3) is 0 Å². The van der Waals surface area contributed by atoms with Gasteiger partial charge in [0.15, 0.2) is 0 Å². The van der Waals surface area contributed by atoms with Gasteiger partial charge < -0.3 is 4.90 Å². The molecule has 1 aromatic rings. The van der Waals surface area contributed by atoms with Crippen LogP contribution in [0.3, 0.4) is 0 Å². The Bertz CT molecular complexity index is 526. The van der Waals surface area contributed by atoms with Gasteiger partial charge in [-0.2, -0.15) is 4.39 Å². The van der Waals surface area contributed by atoms with Crippen LogP contribution in [0, 0.1) is 21.7 Å². The Morgan fingerprint density at radius 2 is 2.10 bits per heavy atom. The molecule has 0 aliphatic rings. The Balaban J connectivity index is 3.20. The number of nitro benzene ring substituents is 1. The standard InChI is InChI=1S/C12H13BrF2N2O3/c1-2-16(7-3-6-13)12(18)10-8(14)4-5-9(11(10)15)17(19)20/h4-5H,2-3,6-7H2,1H3. The van der Waals surface area contributed by atoms with Crippen LogP contribution < -0.4 is 0 Å². The van der Waals surface area contributed by atoms with Gasteiger partial charge in [0, 0.05) is 24.5 Å². The van der Waals surface area contributed by atoms with E-state index in [0.717, 1.165) is 6.07 Å². The average molecular weight is 351 g/mol. The predicted molar refractivity (Wildman–Crippen MR) is 73.0 cm³/mol. The number of carbonyl (C=O) groups excluding carboxylic acids is 1. The number of nitro groups is 1. The molecule has 1 amide bonds. The molecule has 110 valence electrons. The van der Waals surface area contributed by atoms with E-state index in [1.54, 1.807) is 6.92 Å². The zero-order valence-corrected chi connectivity index (χ0v) is 12.3. The molecule has 8 heteroatoms. The summed E-state index contributed by atoms with van der Waals surface area (Å²) in [5.41, 5.74) is -1.79. The third-order valence-electron chi connectivity index (χ3n) is 2.71. The SMILES string of the molecule is CCN(CCCBr)C(=O)c1c(F)ccc([N+](=O)[O-])c1F. The molecule has 0 unspecified atom stereocenters. The molecule has 0 bridgehead atoms. The monoisotopic (exact) mass is 350 g/mol. The van der Waals surface area contributed by atoms with Crippen molar-refractivity contribution in [1.82, 2.24) is 4.90 Å². The van der Waals surface area contributed by atoms with Gasteiger partial charge in [0.25, 0.3) is 5.91 Å². The highest BCUT2D eigenvalue weighted by Crippen LogP contribution is 2.24. The number of amides is 1. The highest BCUT2D eigenvalue weighted by molar-refractivity contribution is 9.09. The summed E-state index contributed by atoms with van der Waals surface area (Å²) in [4.78, 5) is 23.0. The molecule has 0 N–H and O–H groups in total. The fraction of sp³-hybridized carbons (Fsp3) is 0.417. The van der Waals surface area contributed by atoms with E-state index in [0.29, 0.717) is 24.4 Å². The maximum Gasteiger partial charge on any atom is 0.305 e. The molecule has 5 nitrogen and oxygen atoms in total. The fourth-order valence-electron chi connectivity index (χ4n) is 1.69. The molecule has 0 aliphatic heterocycles. The molecule has 0 saturated heterocycles. The number of hydrogen-bond donors (Lipinski definition) is 0. The lowest BCUT2D eigenvalue weighted by Crippen LogP contribution is -2.33. The predicted octanol–water partition coefficient (Wildman–Crippen LogP) is 3.12. The summed E-state index contributed by atoms with van der Waals surface area (Å²) in [6.45, 7) is 2.23. The van der Waals surface area contributed by atoms with Crippen molar-refractivity contribution in [3.63, 3.8) is 0 Å². The lowest BCUT2D eigenvalue weighted by molar-refractivity contribution is -0.387. The van der Waals surface area contributed by atoms with Gasteiger partial charge in [0.05, 0.1) is 4.92 Å². The van der Waals surface area contributed by atoms with Gasteiger partial charge in [0.2, 0.25) is 5.82 Å². The number of benzene rings is 1. The first-order valence-electron chi connectivity index (χ1n) is 5.91. The molecule has 20 heavy (non-hydrogen) atoms. The smallest absolute Gasteiger partial charge is 0.305 e. The Morgan fingerprint density at radius 3 is 2.60 bits per heavy atom. The Morgan fingerprint density at radius 1 is 1.45 bits per heavy atom. The zero-order chi connectivity index (χ0) is 15.3. The van der Waals surface area contributed by atoms with Crippen molar-refractivity contribution in [2.75, 3.05) is 18.4 Å². The van der Waals surface area contributed by atoms with Gasteiger partial charge in [-0.05, 0) is 19.4 Å². The van der Waals surface area contributed by atoms with E-state index in [1.807, 2.05) is 0 Å². The molecule has 0 heterocycles. The molecule has 0 atom stereocenters. The lowest BCUT2D eigenvalue weighted by atomic mass is 10.1. The molecule has 0 aromatic heterocycles. The van der Waals surface area contributed by atoms with Crippen molar-refractivity contribution in [3.8, 4) is 0 Å². The molecular weight excluding hydrogens is 338 g/mol. The van der Waals surface area contributed by atoms with Crippen molar-refractivity contribution in [2.45, 2.75) is 13.3 Å². The zero-order valence-electron chi connectivity index (χ0n) is 10.7. The van der Waals surface area contributed by atoms with Gasteiger partial charge in [-0.1, -0.05) is 15.9 Å². The Hall–Kier alpha value is -1.57. The van der Waals surface area contributed by atoms with E-state index >= 15 is 0 Å². The van der Waals surface area contributed by atoms with Crippen LogP contribution in [-0.2, 0) is 0 Å². The van der Waals surface area contributed by atoms with Gasteiger partial charge in [0.1, 0.15) is 11.4 Å². The van der Waals surface area contributed by atoms with E-state index in [9.17, 15) is 23.7 Å². The highest BCUT2D eigenvalue weighted by atomic mass is 79.9. The van der Waals surface area contributed by atoms with E-state index < -0.39 is 33.7 Å². The summed E-state index contributed by atoms with van der Waals surface area (Å²) >= 11 is 3.20. The minimum Gasteiger partial charge on any atom is -0.339 e. The fourth-order valence-corrected chi connectivity index (χ4v) is 1.94. The van der Waals surface area contributed by atoms with Crippen LogP contribution in [0.2, 0.25) is 0 Å². The number of hydrogen-bond acceptors (Lipinski definition) is 3. The molecule has 0 radical (unpaired) electrons. The van der Waals surface area contributed by atoms with Crippen LogP contribution in [0.5, 0.6) is 0 Å².